The van der Waals surface area contributed by atoms with Crippen molar-refractivity contribution in [2.24, 2.45) is 5.16 Å². The third-order valence-corrected chi connectivity index (χ3v) is 4.57. The number of ether oxygens (including phenoxy) is 1. The zero-order valence-electron chi connectivity index (χ0n) is 12.4. The largest absolute Gasteiger partial charge is 0.398 e. The third kappa shape index (κ3) is 3.16. The van der Waals surface area contributed by atoms with E-state index in [1.807, 2.05) is 0 Å². The van der Waals surface area contributed by atoms with E-state index in [0.29, 0.717) is 0 Å². The van der Waals surface area contributed by atoms with Crippen molar-refractivity contribution >= 4 is 44.3 Å². The molecule has 2 heterocycles. The molecule has 0 radical (unpaired) electrons. The number of hydrogen-bond donors (Lipinski definition) is 3. The van der Waals surface area contributed by atoms with Gasteiger partial charge in [-0.25, -0.2) is 9.29 Å². The molecule has 1 aliphatic rings. The molecule has 1 unspecified atom stereocenters. The average molecular weight is 379 g/mol. The number of nitrogens with zero attached hydrogens (tertiary/aromatic N) is 3. The van der Waals surface area contributed by atoms with Gasteiger partial charge in [0.1, 0.15) is 12.8 Å². The van der Waals surface area contributed by atoms with E-state index >= 15 is 0 Å². The third-order valence-electron chi connectivity index (χ3n) is 3.04. The van der Waals surface area contributed by atoms with Gasteiger partial charge < -0.3 is 20.6 Å². The number of aromatic nitrogens is 1. The first-order valence-corrected chi connectivity index (χ1v) is 8.42. The second kappa shape index (κ2) is 6.31. The molecule has 1 aromatic heterocycles. The summed E-state index contributed by atoms with van der Waals surface area (Å²) >= 11 is 1.06. The van der Waals surface area contributed by atoms with Gasteiger partial charge in [0.2, 0.25) is 5.72 Å². The van der Waals surface area contributed by atoms with E-state index in [9.17, 15) is 18.0 Å². The van der Waals surface area contributed by atoms with Crippen LogP contribution in [0, 0.1) is 0 Å². The van der Waals surface area contributed by atoms with Crippen LogP contribution in [0.4, 0.5) is 5.13 Å². The second-order valence-corrected chi connectivity index (χ2v) is 6.69. The van der Waals surface area contributed by atoms with Crippen LogP contribution in [0.1, 0.15) is 5.69 Å². The van der Waals surface area contributed by atoms with Gasteiger partial charge in [-0.1, -0.05) is 5.16 Å². The summed E-state index contributed by atoms with van der Waals surface area (Å²) in [5, 5.41) is 7.36. The highest BCUT2D eigenvalue weighted by Crippen LogP contribution is 2.26. The molecule has 1 fully saturated rings. The highest BCUT2D eigenvalue weighted by molar-refractivity contribution is 7.84. The van der Waals surface area contributed by atoms with E-state index in [0.717, 1.165) is 18.4 Å². The van der Waals surface area contributed by atoms with Crippen molar-refractivity contribution in [3.63, 3.8) is 0 Å². The number of nitrogens with one attached hydrogen (secondary N) is 1. The summed E-state index contributed by atoms with van der Waals surface area (Å²) in [5.41, 5.74) is 3.34. The van der Waals surface area contributed by atoms with Crippen molar-refractivity contribution in [2.45, 2.75) is 5.72 Å². The van der Waals surface area contributed by atoms with Gasteiger partial charge in [0, 0.05) is 12.5 Å². The zero-order valence-corrected chi connectivity index (χ0v) is 14.0. The maximum absolute atomic E-state index is 12.4. The van der Waals surface area contributed by atoms with Gasteiger partial charge in [-0.05, 0) is 0 Å². The van der Waals surface area contributed by atoms with Crippen LogP contribution in [0.5, 0.6) is 0 Å². The van der Waals surface area contributed by atoms with E-state index in [1.54, 1.807) is 0 Å². The number of anilines is 1. The highest BCUT2D eigenvalue weighted by Gasteiger charge is 2.59. The van der Waals surface area contributed by atoms with E-state index < -0.39 is 34.4 Å². The monoisotopic (exact) mass is 379 g/mol. The maximum Gasteiger partial charge on any atom is 0.362 e. The summed E-state index contributed by atoms with van der Waals surface area (Å²) in [7, 11) is -2.45. The predicted octanol–water partition coefficient (Wildman–Crippen LogP) is -1.82. The average Bonchev–Trinajstić information content (AvgIpc) is 2.92. The summed E-state index contributed by atoms with van der Waals surface area (Å²) in [4.78, 5) is 32.8. The van der Waals surface area contributed by atoms with E-state index in [2.05, 4.69) is 20.3 Å². The number of carbonyl (C=O) groups is 2. The van der Waals surface area contributed by atoms with Crippen LogP contribution in [-0.2, 0) is 29.5 Å². The van der Waals surface area contributed by atoms with Gasteiger partial charge in [-0.15, -0.1) is 11.3 Å². The Balaban J connectivity index is 2.23. The molecular formula is C10H13N5O7S2. The Kier molecular flexibility index (Phi) is 4.75. The molecule has 12 nitrogen and oxygen atoms in total. The molecule has 0 aromatic carbocycles. The lowest BCUT2D eigenvalue weighted by Crippen LogP contribution is -2.76. The number of amides is 2. The lowest BCUT2D eigenvalue weighted by molar-refractivity contribution is -0.178. The molecule has 1 atom stereocenters. The summed E-state index contributed by atoms with van der Waals surface area (Å²) in [6.07, 6.45) is 0. The number of β-lactam (4-membered cyclic amide) rings is 1. The van der Waals surface area contributed by atoms with Crippen molar-refractivity contribution in [3.8, 4) is 0 Å². The van der Waals surface area contributed by atoms with Gasteiger partial charge in [-0.3, -0.25) is 14.1 Å². The van der Waals surface area contributed by atoms with Crippen LogP contribution in [0.3, 0.4) is 0 Å². The van der Waals surface area contributed by atoms with Crippen LogP contribution in [0.15, 0.2) is 10.5 Å². The second-order valence-electron chi connectivity index (χ2n) is 4.47. The molecule has 0 aliphatic carbocycles. The van der Waals surface area contributed by atoms with Gasteiger partial charge in [0.25, 0.3) is 11.8 Å². The van der Waals surface area contributed by atoms with Crippen molar-refractivity contribution < 1.29 is 32.1 Å². The van der Waals surface area contributed by atoms with Crippen LogP contribution in [0.25, 0.3) is 0 Å². The maximum atomic E-state index is 12.4. The standard InChI is InChI=1S/C10H13N5O7S2/c1-21-10(4-15(8(10)17)24(18,19)20)13-7(16)6(14-22-2)5-3-23-9(11)12-5/h3H,4H2,1-2H3,(H2,11,12)(H,13,16)(H,18,19,20)/b14-6-. The Morgan fingerprint density at radius 2 is 2.25 bits per heavy atom. The van der Waals surface area contributed by atoms with Crippen molar-refractivity contribution in [2.75, 3.05) is 26.5 Å². The van der Waals surface area contributed by atoms with Crippen molar-refractivity contribution in [1.29, 1.82) is 0 Å². The first-order chi connectivity index (χ1) is 11.1. The quantitative estimate of drug-likeness (QED) is 0.169. The van der Waals surface area contributed by atoms with Crippen LogP contribution < -0.4 is 11.1 Å². The molecule has 0 bridgehead atoms. The summed E-state index contributed by atoms with van der Waals surface area (Å²) in [5.74, 6) is -2.07. The van der Waals surface area contributed by atoms with Gasteiger partial charge >= 0.3 is 10.3 Å². The van der Waals surface area contributed by atoms with Crippen LogP contribution in [-0.4, -0.2) is 66.3 Å². The number of oxime groups is 1. The first kappa shape index (κ1) is 18.1. The zero-order chi connectivity index (χ0) is 18.1. The van der Waals surface area contributed by atoms with E-state index in [4.69, 9.17) is 15.0 Å². The fraction of sp³-hybridized carbons (Fsp3) is 0.400. The minimum absolute atomic E-state index is 0.0986. The molecule has 1 aromatic rings. The fourth-order valence-corrected chi connectivity index (χ4v) is 3.12. The Hall–Kier alpha value is -2.29. The lowest BCUT2D eigenvalue weighted by atomic mass is 10.1. The fourth-order valence-electron chi connectivity index (χ4n) is 1.87. The number of thiazole rings is 1. The molecule has 24 heavy (non-hydrogen) atoms. The molecule has 2 amide bonds. The number of nitrogen functional groups attached to an aromatic ring is 1. The minimum Gasteiger partial charge on any atom is -0.398 e. The van der Waals surface area contributed by atoms with E-state index in [-0.39, 0.29) is 20.8 Å². The van der Waals surface area contributed by atoms with Gasteiger partial charge in [-0.2, -0.15) is 8.42 Å². The normalized spacial score (nSPS) is 21.4. The molecule has 14 heteroatoms. The van der Waals surface area contributed by atoms with Crippen LogP contribution in [0.2, 0.25) is 0 Å². The molecule has 132 valence electrons. The summed E-state index contributed by atoms with van der Waals surface area (Å²) in [6, 6.07) is 0. The Morgan fingerprint density at radius 3 is 2.67 bits per heavy atom. The Labute approximate surface area is 140 Å². The number of methoxy groups -OCH3 is 1. The molecule has 0 saturated carbocycles. The molecule has 0 spiro atoms. The van der Waals surface area contributed by atoms with Crippen LogP contribution >= 0.6 is 11.3 Å². The first-order valence-electron chi connectivity index (χ1n) is 6.14. The Morgan fingerprint density at radius 1 is 1.58 bits per heavy atom. The highest BCUT2D eigenvalue weighted by atomic mass is 32.2. The molecular weight excluding hydrogens is 366 g/mol. The summed E-state index contributed by atoms with van der Waals surface area (Å²) in [6.45, 7) is -0.605. The Bertz CT molecular complexity index is 804. The topological polar surface area (TPSA) is 174 Å². The molecule has 1 aliphatic heterocycles. The number of hydrogen-bond acceptors (Lipinski definition) is 10. The number of rotatable bonds is 6. The lowest BCUT2D eigenvalue weighted by Gasteiger charge is -2.44. The SMILES string of the molecule is CO/N=C(\C(=O)NC1(OC)CN(S(=O)(=O)O)C1=O)c1csc(N)n1. The van der Waals surface area contributed by atoms with Crippen molar-refractivity contribution in [1.82, 2.24) is 14.6 Å². The van der Waals surface area contributed by atoms with Crippen molar-refractivity contribution in [3.05, 3.63) is 11.1 Å². The molecule has 1 saturated heterocycles. The van der Waals surface area contributed by atoms with Gasteiger partial charge in [0.05, 0.1) is 6.54 Å². The smallest absolute Gasteiger partial charge is 0.362 e. The molecule has 4 N–H and O–H groups in total. The number of carbonyl (C=O) groups excluding carboxylic acids is 2. The number of nitrogens with two attached hydrogens (primary N) is 1. The van der Waals surface area contributed by atoms with E-state index in [1.165, 1.54) is 12.5 Å². The summed E-state index contributed by atoms with van der Waals surface area (Å²) < 4.78 is 35.9. The van der Waals surface area contributed by atoms with Gasteiger partial charge in [0.15, 0.2) is 10.8 Å². The predicted molar refractivity (Wildman–Crippen MR) is 81.2 cm³/mol. The molecule has 2 rings (SSSR count). The minimum atomic E-state index is -4.74.